The maximum Gasteiger partial charge on any atom is 0.206 e. The smallest absolute Gasteiger partial charge is 0.206 e. The van der Waals surface area contributed by atoms with Crippen LogP contribution < -0.4 is 4.73 Å². The summed E-state index contributed by atoms with van der Waals surface area (Å²) in [5.41, 5.74) is 2.03. The van der Waals surface area contributed by atoms with E-state index in [0.717, 1.165) is 26.5 Å². The van der Waals surface area contributed by atoms with Gasteiger partial charge in [0.2, 0.25) is 6.20 Å². The fourth-order valence-corrected chi connectivity index (χ4v) is 3.00. The minimum absolute atomic E-state index is 0.128. The largest absolute Gasteiger partial charge is 0.619 e. The van der Waals surface area contributed by atoms with Crippen molar-refractivity contribution in [1.29, 1.82) is 0 Å². The average molecular weight is 332 g/mol. The monoisotopic (exact) mass is 331 g/mol. The first-order chi connectivity index (χ1) is 9.70. The zero-order valence-corrected chi connectivity index (χ0v) is 12.6. The molecule has 1 atom stereocenters. The zero-order chi connectivity index (χ0) is 14.1. The van der Waals surface area contributed by atoms with Crippen LogP contribution in [0.5, 0.6) is 0 Å². The summed E-state index contributed by atoms with van der Waals surface area (Å²) >= 11 is 3.41. The van der Waals surface area contributed by atoms with E-state index in [2.05, 4.69) is 40.1 Å². The van der Waals surface area contributed by atoms with Crippen molar-refractivity contribution >= 4 is 26.8 Å². The minimum atomic E-state index is 0.128. The number of pyridine rings is 1. The highest BCUT2D eigenvalue weighted by atomic mass is 79.9. The van der Waals surface area contributed by atoms with Crippen LogP contribution >= 0.6 is 15.9 Å². The Morgan fingerprint density at radius 1 is 1.30 bits per heavy atom. The molecular formula is C15H14BrN3O. The third kappa shape index (κ3) is 2.18. The second kappa shape index (κ2) is 5.25. The molecule has 0 bridgehead atoms. The molecule has 0 saturated heterocycles. The van der Waals surface area contributed by atoms with Gasteiger partial charge in [-0.3, -0.25) is 4.68 Å². The molecule has 5 heteroatoms. The first-order valence-electron chi connectivity index (χ1n) is 6.51. The van der Waals surface area contributed by atoms with E-state index in [0.29, 0.717) is 0 Å². The maximum atomic E-state index is 11.6. The number of nitrogens with zero attached hydrogens (tertiary/aromatic N) is 3. The van der Waals surface area contributed by atoms with Gasteiger partial charge in [0.15, 0.2) is 6.20 Å². The van der Waals surface area contributed by atoms with Crippen LogP contribution in [0.1, 0.15) is 24.9 Å². The normalized spacial score (nSPS) is 12.7. The molecule has 0 spiro atoms. The average Bonchev–Trinajstić information content (AvgIpc) is 2.85. The summed E-state index contributed by atoms with van der Waals surface area (Å²) in [7, 11) is 0. The Hall–Kier alpha value is -1.88. The van der Waals surface area contributed by atoms with Crippen LogP contribution in [-0.4, -0.2) is 9.78 Å². The number of fused-ring (bicyclic) bond motifs is 1. The van der Waals surface area contributed by atoms with Gasteiger partial charge >= 0.3 is 0 Å². The lowest BCUT2D eigenvalue weighted by Crippen LogP contribution is -2.25. The van der Waals surface area contributed by atoms with Crippen LogP contribution in [0.15, 0.2) is 53.4 Å². The van der Waals surface area contributed by atoms with Gasteiger partial charge in [0.25, 0.3) is 0 Å². The fraction of sp³-hybridized carbons (Fsp3) is 0.200. The van der Waals surface area contributed by atoms with Gasteiger partial charge in [-0.2, -0.15) is 9.83 Å². The summed E-state index contributed by atoms with van der Waals surface area (Å²) in [6.45, 7) is 2.12. The highest BCUT2D eigenvalue weighted by molar-refractivity contribution is 9.10. The Labute approximate surface area is 125 Å². The quantitative estimate of drug-likeness (QED) is 0.545. The van der Waals surface area contributed by atoms with Gasteiger partial charge in [-0.25, -0.2) is 0 Å². The molecular weight excluding hydrogens is 318 g/mol. The van der Waals surface area contributed by atoms with Gasteiger partial charge < -0.3 is 5.21 Å². The second-order valence-corrected chi connectivity index (χ2v) is 5.54. The van der Waals surface area contributed by atoms with Gasteiger partial charge in [0, 0.05) is 5.39 Å². The zero-order valence-electron chi connectivity index (χ0n) is 11.0. The van der Waals surface area contributed by atoms with E-state index >= 15 is 0 Å². The summed E-state index contributed by atoms with van der Waals surface area (Å²) in [5, 5.41) is 17.1. The third-order valence-electron chi connectivity index (χ3n) is 3.45. The Bertz CT molecular complexity index is 739. The van der Waals surface area contributed by atoms with Crippen LogP contribution in [0, 0.1) is 5.21 Å². The summed E-state index contributed by atoms with van der Waals surface area (Å²) < 4.78 is 3.49. The van der Waals surface area contributed by atoms with Crippen LogP contribution in [0.2, 0.25) is 0 Å². The van der Waals surface area contributed by atoms with Gasteiger partial charge in [0.1, 0.15) is 5.52 Å². The lowest BCUT2D eigenvalue weighted by molar-refractivity contribution is -0.604. The van der Waals surface area contributed by atoms with Gasteiger partial charge in [-0.15, -0.1) is 0 Å². The summed E-state index contributed by atoms with van der Waals surface area (Å²) in [4.78, 5) is 0. The van der Waals surface area contributed by atoms with Crippen LogP contribution in [0.4, 0.5) is 0 Å². The van der Waals surface area contributed by atoms with E-state index in [9.17, 15) is 5.21 Å². The number of rotatable bonds is 3. The lowest BCUT2D eigenvalue weighted by Gasteiger charge is -2.16. The molecule has 0 aliphatic carbocycles. The predicted octanol–water partition coefficient (Wildman–Crippen LogP) is 3.43. The molecule has 102 valence electrons. The molecule has 0 saturated carbocycles. The highest BCUT2D eigenvalue weighted by Crippen LogP contribution is 2.28. The van der Waals surface area contributed by atoms with E-state index in [1.54, 1.807) is 12.4 Å². The molecule has 4 nitrogen and oxygen atoms in total. The molecule has 0 aliphatic heterocycles. The molecule has 0 fully saturated rings. The summed E-state index contributed by atoms with van der Waals surface area (Å²) in [5.74, 6) is 0. The number of benzene rings is 1. The highest BCUT2D eigenvalue weighted by Gasteiger charge is 2.18. The standard InChI is InChI=1S/C15H14BrN3O/c1-2-14(11-6-4-3-5-7-11)19-15-10-18(20)9-13(16)12(15)8-17-19/h3-10,14H,2H2,1H3. The molecule has 0 aliphatic rings. The molecule has 1 aromatic carbocycles. The Kier molecular flexibility index (Phi) is 3.44. The molecule has 1 unspecified atom stereocenters. The molecule has 0 radical (unpaired) electrons. The van der Waals surface area contributed by atoms with E-state index in [1.807, 2.05) is 22.9 Å². The maximum absolute atomic E-state index is 11.6. The molecule has 0 N–H and O–H groups in total. The first-order valence-corrected chi connectivity index (χ1v) is 7.30. The van der Waals surface area contributed by atoms with Crippen molar-refractivity contribution < 1.29 is 4.73 Å². The van der Waals surface area contributed by atoms with Gasteiger partial charge in [0.05, 0.1) is 16.7 Å². The van der Waals surface area contributed by atoms with Crippen molar-refractivity contribution in [2.45, 2.75) is 19.4 Å². The Morgan fingerprint density at radius 3 is 2.75 bits per heavy atom. The Balaban J connectivity index is 2.18. The van der Waals surface area contributed by atoms with E-state index < -0.39 is 0 Å². The van der Waals surface area contributed by atoms with Gasteiger partial charge in [-0.1, -0.05) is 37.3 Å². The van der Waals surface area contributed by atoms with Crippen molar-refractivity contribution in [2.75, 3.05) is 0 Å². The van der Waals surface area contributed by atoms with E-state index in [1.165, 1.54) is 11.8 Å². The lowest BCUT2D eigenvalue weighted by atomic mass is 10.0. The molecule has 2 heterocycles. The second-order valence-electron chi connectivity index (χ2n) is 4.69. The Morgan fingerprint density at radius 2 is 2.05 bits per heavy atom. The molecule has 20 heavy (non-hydrogen) atoms. The van der Waals surface area contributed by atoms with Crippen molar-refractivity contribution in [3.05, 3.63) is 64.2 Å². The first kappa shape index (κ1) is 13.1. The predicted molar refractivity (Wildman–Crippen MR) is 81.3 cm³/mol. The van der Waals surface area contributed by atoms with Crippen molar-refractivity contribution in [3.8, 4) is 0 Å². The number of hydrogen-bond acceptors (Lipinski definition) is 2. The summed E-state index contributed by atoms with van der Waals surface area (Å²) in [6.07, 6.45) is 5.77. The van der Waals surface area contributed by atoms with Crippen molar-refractivity contribution in [2.24, 2.45) is 0 Å². The fourth-order valence-electron chi connectivity index (χ4n) is 2.50. The molecule has 3 rings (SSSR count). The van der Waals surface area contributed by atoms with E-state index in [4.69, 9.17) is 0 Å². The van der Waals surface area contributed by atoms with Crippen molar-refractivity contribution in [1.82, 2.24) is 9.78 Å². The van der Waals surface area contributed by atoms with E-state index in [-0.39, 0.29) is 6.04 Å². The minimum Gasteiger partial charge on any atom is -0.619 e. The number of aromatic nitrogens is 3. The topological polar surface area (TPSA) is 44.8 Å². The third-order valence-corrected chi connectivity index (χ3v) is 4.08. The number of halogens is 1. The molecule has 0 amide bonds. The van der Waals surface area contributed by atoms with Crippen LogP contribution in [-0.2, 0) is 0 Å². The SMILES string of the molecule is CCC(c1ccccc1)n1ncc2c(Br)c[n+]([O-])cc21. The summed E-state index contributed by atoms with van der Waals surface area (Å²) in [6, 6.07) is 10.3. The van der Waals surface area contributed by atoms with Crippen molar-refractivity contribution in [3.63, 3.8) is 0 Å². The van der Waals surface area contributed by atoms with Gasteiger partial charge in [-0.05, 0) is 27.9 Å². The van der Waals surface area contributed by atoms with Crippen LogP contribution in [0.25, 0.3) is 10.9 Å². The molecule has 3 aromatic rings. The molecule has 2 aromatic heterocycles. The number of hydrogen-bond donors (Lipinski definition) is 0. The van der Waals surface area contributed by atoms with Crippen LogP contribution in [0.3, 0.4) is 0 Å².